The number of hydrogen-bond acceptors (Lipinski definition) is 4. The van der Waals surface area contributed by atoms with Crippen LogP contribution in [0.25, 0.3) is 0 Å². The Morgan fingerprint density at radius 1 is 1.45 bits per heavy atom. The van der Waals surface area contributed by atoms with Crippen LogP contribution in [0.15, 0.2) is 23.4 Å². The minimum Gasteiger partial charge on any atom is -0.359 e. The number of nitrogens with one attached hydrogen (secondary N) is 1. The van der Waals surface area contributed by atoms with Crippen molar-refractivity contribution in [3.05, 3.63) is 23.5 Å². The Bertz CT molecular complexity index is 598. The van der Waals surface area contributed by atoms with E-state index in [-0.39, 0.29) is 21.7 Å². The average Bonchev–Trinajstić information content (AvgIpc) is 2.47. The minimum absolute atomic E-state index is 0.0139. The van der Waals surface area contributed by atoms with Crippen LogP contribution in [0, 0.1) is 5.92 Å². The van der Waals surface area contributed by atoms with E-state index in [1.165, 1.54) is 22.8 Å². The van der Waals surface area contributed by atoms with Crippen molar-refractivity contribution in [3.8, 4) is 0 Å². The number of pyridine rings is 1. The summed E-state index contributed by atoms with van der Waals surface area (Å²) < 4.78 is 26.3. The second-order valence-corrected chi connectivity index (χ2v) is 6.91. The van der Waals surface area contributed by atoms with E-state index in [4.69, 9.17) is 11.6 Å². The van der Waals surface area contributed by atoms with E-state index in [0.29, 0.717) is 25.9 Å². The molecule has 1 aliphatic rings. The molecule has 20 heavy (non-hydrogen) atoms. The van der Waals surface area contributed by atoms with E-state index in [9.17, 15) is 13.2 Å². The van der Waals surface area contributed by atoms with Gasteiger partial charge >= 0.3 is 0 Å². The monoisotopic (exact) mass is 317 g/mol. The molecule has 1 aromatic heterocycles. The van der Waals surface area contributed by atoms with Crippen molar-refractivity contribution in [1.82, 2.24) is 14.6 Å². The molecule has 8 heteroatoms. The van der Waals surface area contributed by atoms with Crippen LogP contribution in [0.4, 0.5) is 0 Å². The molecule has 1 saturated heterocycles. The van der Waals surface area contributed by atoms with E-state index < -0.39 is 10.0 Å². The average molecular weight is 318 g/mol. The first-order chi connectivity index (χ1) is 9.46. The predicted molar refractivity (Wildman–Crippen MR) is 74.8 cm³/mol. The second kappa shape index (κ2) is 6.07. The summed E-state index contributed by atoms with van der Waals surface area (Å²) in [5, 5.41) is 2.75. The molecule has 0 radical (unpaired) electrons. The first kappa shape index (κ1) is 15.2. The van der Waals surface area contributed by atoms with E-state index in [2.05, 4.69) is 10.3 Å². The molecule has 0 bridgehead atoms. The van der Waals surface area contributed by atoms with Crippen molar-refractivity contribution in [2.24, 2.45) is 5.92 Å². The summed E-state index contributed by atoms with van der Waals surface area (Å²) in [6.45, 7) is 0.622. The number of halogens is 1. The molecular weight excluding hydrogens is 302 g/mol. The summed E-state index contributed by atoms with van der Waals surface area (Å²) in [5.41, 5.74) is 0. The van der Waals surface area contributed by atoms with E-state index in [1.54, 1.807) is 7.05 Å². The third-order valence-corrected chi connectivity index (χ3v) is 5.79. The standard InChI is InChI=1S/C12H16ClN3O3S/c1-14-12(17)9-3-6-16(7-4-9)20(18,19)11-8-15-5-2-10(11)13/h2,5,8-9H,3-4,6-7H2,1H3,(H,14,17). The minimum atomic E-state index is -3.64. The van der Waals surface area contributed by atoms with Crippen LogP contribution >= 0.6 is 11.6 Å². The Kier molecular flexibility index (Phi) is 4.62. The third kappa shape index (κ3) is 2.94. The fraction of sp³-hybridized carbons (Fsp3) is 0.500. The lowest BCUT2D eigenvalue weighted by Gasteiger charge is -2.30. The van der Waals surface area contributed by atoms with Gasteiger partial charge < -0.3 is 5.32 Å². The highest BCUT2D eigenvalue weighted by molar-refractivity contribution is 7.89. The fourth-order valence-electron chi connectivity index (χ4n) is 2.25. The van der Waals surface area contributed by atoms with Gasteiger partial charge in [0.1, 0.15) is 4.90 Å². The topological polar surface area (TPSA) is 79.4 Å². The zero-order valence-corrected chi connectivity index (χ0v) is 12.6. The molecule has 1 N–H and O–H groups in total. The maximum absolute atomic E-state index is 12.5. The lowest BCUT2D eigenvalue weighted by atomic mass is 9.97. The van der Waals surface area contributed by atoms with Gasteiger partial charge in [0.25, 0.3) is 0 Å². The Morgan fingerprint density at radius 2 is 2.10 bits per heavy atom. The number of nitrogens with zero attached hydrogens (tertiary/aromatic N) is 2. The Hall–Kier alpha value is -1.18. The van der Waals surface area contributed by atoms with Crippen LogP contribution in [0.5, 0.6) is 0 Å². The molecule has 0 spiro atoms. The normalized spacial score (nSPS) is 17.9. The van der Waals surface area contributed by atoms with Crippen molar-refractivity contribution < 1.29 is 13.2 Å². The molecule has 0 aromatic carbocycles. The van der Waals surface area contributed by atoms with Crippen LogP contribution < -0.4 is 5.32 Å². The molecule has 1 fully saturated rings. The van der Waals surface area contributed by atoms with Crippen LogP contribution in [-0.2, 0) is 14.8 Å². The van der Waals surface area contributed by atoms with Gasteiger partial charge in [-0.15, -0.1) is 0 Å². The molecule has 0 atom stereocenters. The van der Waals surface area contributed by atoms with Crippen molar-refractivity contribution in [3.63, 3.8) is 0 Å². The highest BCUT2D eigenvalue weighted by Crippen LogP contribution is 2.27. The first-order valence-electron chi connectivity index (χ1n) is 6.28. The zero-order valence-electron chi connectivity index (χ0n) is 11.0. The van der Waals surface area contributed by atoms with Crippen molar-refractivity contribution >= 4 is 27.5 Å². The van der Waals surface area contributed by atoms with Gasteiger partial charge in [0.15, 0.2) is 0 Å². The maximum Gasteiger partial charge on any atom is 0.246 e. The largest absolute Gasteiger partial charge is 0.359 e. The van der Waals surface area contributed by atoms with E-state index in [0.717, 1.165) is 0 Å². The maximum atomic E-state index is 12.5. The predicted octanol–water partition coefficient (Wildman–Crippen LogP) is 0.882. The molecule has 1 aliphatic heterocycles. The van der Waals surface area contributed by atoms with Crippen LogP contribution in [-0.4, -0.2) is 43.8 Å². The Labute approximate surface area is 123 Å². The summed E-state index contributed by atoms with van der Waals surface area (Å²) in [5.74, 6) is -0.169. The summed E-state index contributed by atoms with van der Waals surface area (Å²) in [6.07, 6.45) is 3.72. The molecule has 110 valence electrons. The number of carbonyl (C=O) groups is 1. The quantitative estimate of drug-likeness (QED) is 0.897. The number of sulfonamides is 1. The lowest BCUT2D eigenvalue weighted by Crippen LogP contribution is -2.42. The van der Waals surface area contributed by atoms with Crippen LogP contribution in [0.1, 0.15) is 12.8 Å². The molecule has 0 aliphatic carbocycles. The highest BCUT2D eigenvalue weighted by Gasteiger charge is 2.32. The lowest BCUT2D eigenvalue weighted by molar-refractivity contribution is -0.125. The van der Waals surface area contributed by atoms with Gasteiger partial charge in [-0.05, 0) is 18.9 Å². The van der Waals surface area contributed by atoms with Crippen LogP contribution in [0.2, 0.25) is 5.02 Å². The SMILES string of the molecule is CNC(=O)C1CCN(S(=O)(=O)c2cnccc2Cl)CC1. The Balaban J connectivity index is 2.14. The van der Waals surface area contributed by atoms with Crippen molar-refractivity contribution in [2.45, 2.75) is 17.7 Å². The van der Waals surface area contributed by atoms with Gasteiger partial charge in [-0.2, -0.15) is 4.31 Å². The molecule has 2 rings (SSSR count). The first-order valence-corrected chi connectivity index (χ1v) is 8.10. The number of hydrogen-bond donors (Lipinski definition) is 1. The van der Waals surface area contributed by atoms with Gasteiger partial charge in [0.05, 0.1) is 5.02 Å². The molecule has 0 unspecified atom stereocenters. The van der Waals surface area contributed by atoms with Gasteiger partial charge in [0.2, 0.25) is 15.9 Å². The molecule has 1 aromatic rings. The van der Waals surface area contributed by atoms with E-state index >= 15 is 0 Å². The molecule has 6 nitrogen and oxygen atoms in total. The van der Waals surface area contributed by atoms with Gasteiger partial charge in [-0.1, -0.05) is 11.6 Å². The Morgan fingerprint density at radius 3 is 2.65 bits per heavy atom. The van der Waals surface area contributed by atoms with Crippen LogP contribution in [0.3, 0.4) is 0 Å². The van der Waals surface area contributed by atoms with Gasteiger partial charge in [-0.25, -0.2) is 8.42 Å². The van der Waals surface area contributed by atoms with Crippen molar-refractivity contribution in [1.29, 1.82) is 0 Å². The third-order valence-electron chi connectivity index (χ3n) is 3.42. The van der Waals surface area contributed by atoms with Gasteiger partial charge in [-0.3, -0.25) is 9.78 Å². The number of rotatable bonds is 3. The number of aromatic nitrogens is 1. The molecule has 0 saturated carbocycles. The molecule has 2 heterocycles. The number of piperidine rings is 1. The highest BCUT2D eigenvalue weighted by atomic mass is 35.5. The zero-order chi connectivity index (χ0) is 14.8. The van der Waals surface area contributed by atoms with E-state index in [1.807, 2.05) is 0 Å². The van der Waals surface area contributed by atoms with Crippen molar-refractivity contribution in [2.75, 3.05) is 20.1 Å². The summed E-state index contributed by atoms with van der Waals surface area (Å²) in [7, 11) is -2.06. The molecule has 1 amide bonds. The summed E-state index contributed by atoms with van der Waals surface area (Å²) in [6, 6.07) is 1.45. The smallest absolute Gasteiger partial charge is 0.246 e. The number of carbonyl (C=O) groups excluding carboxylic acids is 1. The number of amides is 1. The second-order valence-electron chi connectivity index (χ2n) is 4.60. The molecular formula is C12H16ClN3O3S. The van der Waals surface area contributed by atoms with Gasteiger partial charge in [0, 0.05) is 38.4 Å². The summed E-state index contributed by atoms with van der Waals surface area (Å²) in [4.78, 5) is 15.4. The fourth-order valence-corrected chi connectivity index (χ4v) is 4.13. The summed E-state index contributed by atoms with van der Waals surface area (Å²) >= 11 is 5.92.